The van der Waals surface area contributed by atoms with Crippen molar-refractivity contribution in [2.75, 3.05) is 6.61 Å². The fraction of sp³-hybridized carbons (Fsp3) is 0.333. The van der Waals surface area contributed by atoms with E-state index in [9.17, 15) is 4.79 Å². The molecule has 0 fully saturated rings. The number of rotatable bonds is 5. The molecule has 0 saturated carbocycles. The van der Waals surface area contributed by atoms with Crippen molar-refractivity contribution < 1.29 is 9.53 Å². The van der Waals surface area contributed by atoms with Gasteiger partial charge in [-0.3, -0.25) is 0 Å². The number of thioether (sulfide) groups is 1. The zero-order chi connectivity index (χ0) is 15.4. The van der Waals surface area contributed by atoms with Gasteiger partial charge in [0.15, 0.2) is 0 Å². The van der Waals surface area contributed by atoms with Crippen LogP contribution >= 0.6 is 35.0 Å². The second kappa shape index (κ2) is 7.11. The topological polar surface area (TPSA) is 69.9 Å². The highest BCUT2D eigenvalue weighted by molar-refractivity contribution is 7.98. The average Bonchev–Trinajstić information content (AvgIpc) is 2.84. The van der Waals surface area contributed by atoms with Gasteiger partial charge in [-0.25, -0.2) is 9.48 Å². The molecule has 0 N–H and O–H groups in total. The lowest BCUT2D eigenvalue weighted by Crippen LogP contribution is -2.06. The molecule has 0 spiro atoms. The van der Waals surface area contributed by atoms with E-state index in [1.54, 1.807) is 30.8 Å². The van der Waals surface area contributed by atoms with E-state index in [1.807, 2.05) is 0 Å². The molecule has 9 heteroatoms. The normalized spacial score (nSPS) is 10.7. The van der Waals surface area contributed by atoms with E-state index < -0.39 is 5.97 Å². The molecule has 21 heavy (non-hydrogen) atoms. The van der Waals surface area contributed by atoms with Gasteiger partial charge in [0.1, 0.15) is 0 Å². The quantitative estimate of drug-likeness (QED) is 0.612. The van der Waals surface area contributed by atoms with Crippen LogP contribution in [0.4, 0.5) is 0 Å². The third kappa shape index (κ3) is 3.66. The van der Waals surface area contributed by atoms with Crippen molar-refractivity contribution in [3.63, 3.8) is 0 Å². The van der Waals surface area contributed by atoms with Crippen molar-refractivity contribution in [1.82, 2.24) is 20.2 Å². The average molecular weight is 347 g/mol. The van der Waals surface area contributed by atoms with Gasteiger partial charge in [0, 0.05) is 23.4 Å². The lowest BCUT2D eigenvalue weighted by Gasteiger charge is -2.10. The van der Waals surface area contributed by atoms with Crippen LogP contribution in [0.2, 0.25) is 10.0 Å². The van der Waals surface area contributed by atoms with Crippen LogP contribution < -0.4 is 0 Å². The minimum absolute atomic E-state index is 0.284. The number of benzene rings is 1. The van der Waals surface area contributed by atoms with Crippen LogP contribution in [-0.2, 0) is 17.5 Å². The molecule has 2 aromatic rings. The molecule has 1 heterocycles. The number of hydrogen-bond donors (Lipinski definition) is 0. The second-order valence-corrected chi connectivity index (χ2v) is 5.71. The van der Waals surface area contributed by atoms with Crippen molar-refractivity contribution >= 4 is 40.9 Å². The highest BCUT2D eigenvalue weighted by Gasteiger charge is 2.18. The number of nitrogens with zero attached hydrogens (tertiary/aromatic N) is 4. The van der Waals surface area contributed by atoms with Crippen LogP contribution in [0.25, 0.3) is 0 Å². The molecule has 0 atom stereocenters. The zero-order valence-electron chi connectivity index (χ0n) is 11.3. The van der Waals surface area contributed by atoms with E-state index in [-0.39, 0.29) is 6.61 Å². The van der Waals surface area contributed by atoms with Crippen molar-refractivity contribution in [3.8, 4) is 0 Å². The Hall–Kier alpha value is -1.31. The van der Waals surface area contributed by atoms with Gasteiger partial charge in [-0.2, -0.15) is 0 Å². The Bertz CT molecular complexity index is 663. The maximum Gasteiger partial charge on any atom is 0.339 e. The molecule has 112 valence electrons. The van der Waals surface area contributed by atoms with Gasteiger partial charge in [0.25, 0.3) is 0 Å². The Kier molecular flexibility index (Phi) is 5.44. The van der Waals surface area contributed by atoms with Gasteiger partial charge >= 0.3 is 5.97 Å². The third-order valence-electron chi connectivity index (χ3n) is 2.61. The zero-order valence-corrected chi connectivity index (χ0v) is 13.7. The fourth-order valence-electron chi connectivity index (χ4n) is 1.58. The van der Waals surface area contributed by atoms with Crippen LogP contribution in [-0.4, -0.2) is 32.8 Å². The predicted octanol–water partition coefficient (Wildman–Crippen LogP) is 2.99. The summed E-state index contributed by atoms with van der Waals surface area (Å²) in [5.74, 6) is -0.0233. The summed E-state index contributed by atoms with van der Waals surface area (Å²) in [7, 11) is 1.74. The smallest absolute Gasteiger partial charge is 0.339 e. The van der Waals surface area contributed by atoms with Crippen LogP contribution in [0.1, 0.15) is 22.8 Å². The highest BCUT2D eigenvalue weighted by atomic mass is 35.5. The fourth-order valence-corrected chi connectivity index (χ4v) is 3.21. The van der Waals surface area contributed by atoms with Crippen LogP contribution in [0.15, 0.2) is 17.3 Å². The summed E-state index contributed by atoms with van der Waals surface area (Å²) in [4.78, 5) is 11.8. The predicted molar refractivity (Wildman–Crippen MR) is 80.8 cm³/mol. The number of aryl methyl sites for hydroxylation is 1. The van der Waals surface area contributed by atoms with E-state index >= 15 is 0 Å². The van der Waals surface area contributed by atoms with Crippen molar-refractivity contribution in [3.05, 3.63) is 33.3 Å². The SMILES string of the molecule is CCOC(=O)c1ccc(Cl)c(CSc2nnnn2C)c1Cl. The Morgan fingerprint density at radius 3 is 2.81 bits per heavy atom. The molecule has 6 nitrogen and oxygen atoms in total. The van der Waals surface area contributed by atoms with Crippen LogP contribution in [0, 0.1) is 0 Å². The molecule has 2 rings (SSSR count). The number of carbonyl (C=O) groups excluding carboxylic acids is 1. The maximum absolute atomic E-state index is 11.8. The van der Waals surface area contributed by atoms with Gasteiger partial charge in [-0.15, -0.1) is 5.10 Å². The van der Waals surface area contributed by atoms with Gasteiger partial charge < -0.3 is 4.74 Å². The van der Waals surface area contributed by atoms with Gasteiger partial charge in [-0.1, -0.05) is 35.0 Å². The molecule has 0 unspecified atom stereocenters. The van der Waals surface area contributed by atoms with Gasteiger partial charge in [-0.05, 0) is 29.5 Å². The first-order valence-corrected chi connectivity index (χ1v) is 7.77. The Labute approximate surface area is 135 Å². The molecule has 0 aliphatic carbocycles. The number of aromatic nitrogens is 4. The lowest BCUT2D eigenvalue weighted by atomic mass is 10.1. The number of esters is 1. The number of hydrogen-bond acceptors (Lipinski definition) is 6. The highest BCUT2D eigenvalue weighted by Crippen LogP contribution is 2.33. The summed E-state index contributed by atoms with van der Waals surface area (Å²) in [6.45, 7) is 2.02. The van der Waals surface area contributed by atoms with E-state index in [0.717, 1.165) is 0 Å². The van der Waals surface area contributed by atoms with Gasteiger partial charge in [0.2, 0.25) is 5.16 Å². The van der Waals surface area contributed by atoms with Crippen molar-refractivity contribution in [2.24, 2.45) is 7.05 Å². The molecule has 0 aliphatic rings. The first kappa shape index (κ1) is 16.1. The van der Waals surface area contributed by atoms with Crippen molar-refractivity contribution in [1.29, 1.82) is 0 Å². The summed E-state index contributed by atoms with van der Waals surface area (Å²) in [6, 6.07) is 3.19. The molecule has 1 aromatic carbocycles. The Balaban J connectivity index is 2.24. The monoisotopic (exact) mass is 346 g/mol. The van der Waals surface area contributed by atoms with Crippen molar-refractivity contribution in [2.45, 2.75) is 17.8 Å². The summed E-state index contributed by atoms with van der Waals surface area (Å²) < 4.78 is 6.51. The molecule has 0 saturated heterocycles. The summed E-state index contributed by atoms with van der Waals surface area (Å²) in [6.07, 6.45) is 0. The molecular weight excluding hydrogens is 335 g/mol. The summed E-state index contributed by atoms with van der Waals surface area (Å²) >= 11 is 13.8. The number of carbonyl (C=O) groups is 1. The Morgan fingerprint density at radius 1 is 1.43 bits per heavy atom. The maximum atomic E-state index is 11.8. The largest absolute Gasteiger partial charge is 0.462 e. The number of halogens is 2. The first-order valence-electron chi connectivity index (χ1n) is 6.03. The third-order valence-corrected chi connectivity index (χ3v) is 4.43. The van der Waals surface area contributed by atoms with E-state index in [1.165, 1.54) is 11.8 Å². The van der Waals surface area contributed by atoms with Crippen LogP contribution in [0.3, 0.4) is 0 Å². The number of tetrazole rings is 1. The number of ether oxygens (including phenoxy) is 1. The molecule has 0 bridgehead atoms. The second-order valence-electron chi connectivity index (χ2n) is 3.98. The summed E-state index contributed by atoms with van der Waals surface area (Å²) in [5.41, 5.74) is 0.950. The molecular formula is C12H12Cl2N4O2S. The minimum Gasteiger partial charge on any atom is -0.462 e. The molecule has 0 amide bonds. The minimum atomic E-state index is -0.467. The molecule has 0 radical (unpaired) electrons. The molecule has 0 aliphatic heterocycles. The van der Waals surface area contributed by atoms with Gasteiger partial charge in [0.05, 0.1) is 17.2 Å². The van der Waals surface area contributed by atoms with Crippen LogP contribution in [0.5, 0.6) is 0 Å². The lowest BCUT2D eigenvalue weighted by molar-refractivity contribution is 0.0526. The van der Waals surface area contributed by atoms with E-state index in [4.69, 9.17) is 27.9 Å². The van der Waals surface area contributed by atoms with E-state index in [0.29, 0.717) is 32.1 Å². The molecule has 1 aromatic heterocycles. The summed E-state index contributed by atoms with van der Waals surface area (Å²) in [5, 5.41) is 12.6. The van der Waals surface area contributed by atoms with E-state index in [2.05, 4.69) is 15.5 Å². The standard InChI is InChI=1S/C12H12Cl2N4O2S/c1-3-20-11(19)7-4-5-9(13)8(10(7)14)6-21-12-15-16-17-18(12)2/h4-5H,3,6H2,1-2H3. The Morgan fingerprint density at radius 2 is 2.19 bits per heavy atom. The first-order chi connectivity index (χ1) is 10.0.